The second-order valence-corrected chi connectivity index (χ2v) is 3.07. The molecule has 1 aromatic heterocycles. The molecule has 0 spiro atoms. The number of nitrogens with zero attached hydrogens (tertiary/aromatic N) is 2. The second-order valence-electron chi connectivity index (χ2n) is 3.07. The lowest BCUT2D eigenvalue weighted by Crippen LogP contribution is -2.10. The highest BCUT2D eigenvalue weighted by Crippen LogP contribution is 2.15. The first-order valence-electron chi connectivity index (χ1n) is 4.30. The van der Waals surface area contributed by atoms with Crippen LogP contribution < -0.4 is 5.76 Å². The molecule has 76 valence electrons. The standard InChI is InChI=1S/C10H8N2O3/c1-12-9(11-15-10(12)14)8-4-2-3-7(5-8)6-13/h2-6H,1H3. The molecule has 1 heterocycles. The van der Waals surface area contributed by atoms with Crippen LogP contribution in [0.4, 0.5) is 0 Å². The van der Waals surface area contributed by atoms with E-state index in [0.717, 1.165) is 6.29 Å². The lowest BCUT2D eigenvalue weighted by Gasteiger charge is -1.98. The van der Waals surface area contributed by atoms with E-state index in [4.69, 9.17) is 0 Å². The summed E-state index contributed by atoms with van der Waals surface area (Å²) in [5.74, 6) is -0.120. The number of aldehydes is 1. The van der Waals surface area contributed by atoms with Crippen molar-refractivity contribution in [3.8, 4) is 11.4 Å². The Hall–Kier alpha value is -2.17. The lowest BCUT2D eigenvalue weighted by atomic mass is 10.1. The van der Waals surface area contributed by atoms with Gasteiger partial charge < -0.3 is 0 Å². The second kappa shape index (κ2) is 3.53. The van der Waals surface area contributed by atoms with Crippen LogP contribution >= 0.6 is 0 Å². The normalized spacial score (nSPS) is 10.2. The molecular weight excluding hydrogens is 196 g/mol. The van der Waals surface area contributed by atoms with Gasteiger partial charge >= 0.3 is 5.76 Å². The Kier molecular flexibility index (Phi) is 2.21. The molecule has 0 amide bonds. The summed E-state index contributed by atoms with van der Waals surface area (Å²) in [7, 11) is 1.56. The summed E-state index contributed by atoms with van der Waals surface area (Å²) in [4.78, 5) is 21.6. The Morgan fingerprint density at radius 2 is 2.27 bits per heavy atom. The minimum Gasteiger partial charge on any atom is -0.298 e. The van der Waals surface area contributed by atoms with Crippen molar-refractivity contribution in [2.45, 2.75) is 0 Å². The highest BCUT2D eigenvalue weighted by Gasteiger charge is 2.08. The fourth-order valence-electron chi connectivity index (χ4n) is 1.29. The predicted molar refractivity (Wildman–Crippen MR) is 52.6 cm³/mol. The van der Waals surface area contributed by atoms with Crippen LogP contribution in [-0.4, -0.2) is 16.0 Å². The number of carbonyl (C=O) groups is 1. The molecule has 0 saturated carbocycles. The van der Waals surface area contributed by atoms with Gasteiger partial charge in [0.15, 0.2) is 5.82 Å². The van der Waals surface area contributed by atoms with Gasteiger partial charge in [0, 0.05) is 18.2 Å². The fraction of sp³-hybridized carbons (Fsp3) is 0.100. The monoisotopic (exact) mass is 204 g/mol. The van der Waals surface area contributed by atoms with Crippen LogP contribution in [0.25, 0.3) is 11.4 Å². The van der Waals surface area contributed by atoms with Crippen molar-refractivity contribution in [1.29, 1.82) is 0 Å². The molecule has 0 unspecified atom stereocenters. The molecule has 5 heteroatoms. The van der Waals surface area contributed by atoms with E-state index in [-0.39, 0.29) is 0 Å². The Balaban J connectivity index is 2.58. The van der Waals surface area contributed by atoms with Gasteiger partial charge in [0.25, 0.3) is 0 Å². The molecular formula is C10H8N2O3. The molecule has 2 rings (SSSR count). The number of rotatable bonds is 2. The van der Waals surface area contributed by atoms with Crippen molar-refractivity contribution in [3.05, 3.63) is 40.4 Å². The van der Waals surface area contributed by atoms with E-state index in [1.165, 1.54) is 4.57 Å². The van der Waals surface area contributed by atoms with Crippen LogP contribution in [0.3, 0.4) is 0 Å². The highest BCUT2D eigenvalue weighted by molar-refractivity contribution is 5.77. The van der Waals surface area contributed by atoms with Gasteiger partial charge in [0.05, 0.1) is 0 Å². The zero-order chi connectivity index (χ0) is 10.8. The number of hydrogen-bond donors (Lipinski definition) is 0. The summed E-state index contributed by atoms with van der Waals surface area (Å²) in [5.41, 5.74) is 1.20. The van der Waals surface area contributed by atoms with E-state index in [0.29, 0.717) is 17.0 Å². The molecule has 0 fully saturated rings. The van der Waals surface area contributed by atoms with Crippen LogP contribution in [0.2, 0.25) is 0 Å². The van der Waals surface area contributed by atoms with Crippen LogP contribution in [0.15, 0.2) is 33.6 Å². The Morgan fingerprint density at radius 3 is 2.87 bits per heavy atom. The SMILES string of the molecule is Cn1c(-c2cccc(C=O)c2)noc1=O. The van der Waals surface area contributed by atoms with Gasteiger partial charge in [-0.25, -0.2) is 4.79 Å². The smallest absolute Gasteiger partial charge is 0.298 e. The summed E-state index contributed by atoms with van der Waals surface area (Å²) in [6.07, 6.45) is 0.738. The number of aromatic nitrogens is 2. The van der Waals surface area contributed by atoms with Gasteiger partial charge in [-0.05, 0) is 6.07 Å². The molecule has 15 heavy (non-hydrogen) atoms. The molecule has 5 nitrogen and oxygen atoms in total. The maximum atomic E-state index is 11.0. The quantitative estimate of drug-likeness (QED) is 0.680. The number of hydrogen-bond acceptors (Lipinski definition) is 4. The van der Waals surface area contributed by atoms with Gasteiger partial charge in [0.2, 0.25) is 0 Å². The van der Waals surface area contributed by atoms with E-state index < -0.39 is 5.76 Å². The molecule has 0 aliphatic heterocycles. The van der Waals surface area contributed by atoms with Gasteiger partial charge in [0.1, 0.15) is 6.29 Å². The van der Waals surface area contributed by atoms with Gasteiger partial charge in [-0.15, -0.1) is 0 Å². The van der Waals surface area contributed by atoms with E-state index in [9.17, 15) is 9.59 Å². The molecule has 0 bridgehead atoms. The third-order valence-electron chi connectivity index (χ3n) is 2.08. The molecule has 0 aliphatic rings. The highest BCUT2D eigenvalue weighted by atomic mass is 16.5. The maximum Gasteiger partial charge on any atom is 0.441 e. The Bertz CT molecular complexity index is 554. The van der Waals surface area contributed by atoms with Crippen LogP contribution in [0.1, 0.15) is 10.4 Å². The first-order chi connectivity index (χ1) is 7.22. The summed E-state index contributed by atoms with van der Waals surface area (Å²) in [5, 5.41) is 3.62. The minimum atomic E-state index is -0.526. The summed E-state index contributed by atoms with van der Waals surface area (Å²) < 4.78 is 5.77. The van der Waals surface area contributed by atoms with Gasteiger partial charge in [-0.1, -0.05) is 23.4 Å². The van der Waals surface area contributed by atoms with E-state index in [1.807, 2.05) is 0 Å². The molecule has 1 aromatic carbocycles. The van der Waals surface area contributed by atoms with Crippen LogP contribution in [0, 0.1) is 0 Å². The average Bonchev–Trinajstić information content (AvgIpc) is 2.60. The van der Waals surface area contributed by atoms with Crippen molar-refractivity contribution in [2.75, 3.05) is 0 Å². The Morgan fingerprint density at radius 1 is 1.47 bits per heavy atom. The topological polar surface area (TPSA) is 65.1 Å². The lowest BCUT2D eigenvalue weighted by molar-refractivity contribution is 0.112. The van der Waals surface area contributed by atoms with E-state index in [1.54, 1.807) is 31.3 Å². The van der Waals surface area contributed by atoms with Crippen molar-refractivity contribution < 1.29 is 9.32 Å². The average molecular weight is 204 g/mol. The zero-order valence-corrected chi connectivity index (χ0v) is 8.01. The van der Waals surface area contributed by atoms with E-state index in [2.05, 4.69) is 9.68 Å². The number of carbonyl (C=O) groups excluding carboxylic acids is 1. The van der Waals surface area contributed by atoms with Crippen molar-refractivity contribution >= 4 is 6.29 Å². The van der Waals surface area contributed by atoms with E-state index >= 15 is 0 Å². The predicted octanol–water partition coefficient (Wildman–Crippen LogP) is 0.853. The Labute approximate surface area is 84.9 Å². The third-order valence-corrected chi connectivity index (χ3v) is 2.08. The van der Waals surface area contributed by atoms with Crippen LogP contribution in [0.5, 0.6) is 0 Å². The van der Waals surface area contributed by atoms with Crippen molar-refractivity contribution in [2.24, 2.45) is 7.05 Å². The first-order valence-corrected chi connectivity index (χ1v) is 4.30. The fourth-order valence-corrected chi connectivity index (χ4v) is 1.29. The molecule has 0 radical (unpaired) electrons. The third kappa shape index (κ3) is 1.59. The van der Waals surface area contributed by atoms with Crippen molar-refractivity contribution in [1.82, 2.24) is 9.72 Å². The largest absolute Gasteiger partial charge is 0.441 e. The van der Waals surface area contributed by atoms with Crippen molar-refractivity contribution in [3.63, 3.8) is 0 Å². The first kappa shape index (κ1) is 9.39. The zero-order valence-electron chi connectivity index (χ0n) is 8.01. The molecule has 0 aliphatic carbocycles. The summed E-state index contributed by atoms with van der Waals surface area (Å²) >= 11 is 0. The summed E-state index contributed by atoms with van der Waals surface area (Å²) in [6, 6.07) is 6.79. The summed E-state index contributed by atoms with van der Waals surface area (Å²) in [6.45, 7) is 0. The van der Waals surface area contributed by atoms with Gasteiger partial charge in [-0.3, -0.25) is 13.9 Å². The molecule has 0 atom stereocenters. The maximum absolute atomic E-state index is 11.0. The van der Waals surface area contributed by atoms with Gasteiger partial charge in [-0.2, -0.15) is 0 Å². The van der Waals surface area contributed by atoms with Crippen LogP contribution in [-0.2, 0) is 7.05 Å². The number of benzene rings is 1. The minimum absolute atomic E-state index is 0.406. The molecule has 0 saturated heterocycles. The molecule has 2 aromatic rings. The molecule has 0 N–H and O–H groups in total.